The summed E-state index contributed by atoms with van der Waals surface area (Å²) < 4.78 is 16.3. The third kappa shape index (κ3) is 4.59. The van der Waals surface area contributed by atoms with Gasteiger partial charge in [-0.3, -0.25) is 4.79 Å². The first kappa shape index (κ1) is 17.6. The SMILES string of the molecule is COc1ccc(C(=O)N2CCC(OCCCN)CC2)c(OC)c1. The standard InChI is InChI=1S/C17H26N2O4/c1-21-14-4-5-15(16(12-14)22-2)17(20)19-9-6-13(7-10-19)23-11-3-8-18/h4-5,12-13H,3,6-11,18H2,1-2H3. The predicted molar refractivity (Wildman–Crippen MR) is 88.1 cm³/mol. The van der Waals surface area contributed by atoms with Gasteiger partial charge in [0.25, 0.3) is 5.91 Å². The molecule has 1 fully saturated rings. The molecule has 0 spiro atoms. The average Bonchev–Trinajstić information content (AvgIpc) is 2.61. The highest BCUT2D eigenvalue weighted by Gasteiger charge is 2.25. The maximum absolute atomic E-state index is 12.7. The molecule has 23 heavy (non-hydrogen) atoms. The van der Waals surface area contributed by atoms with Crippen LogP contribution < -0.4 is 15.2 Å². The van der Waals surface area contributed by atoms with Crippen LogP contribution in [-0.4, -0.2) is 57.4 Å². The van der Waals surface area contributed by atoms with Crippen molar-refractivity contribution in [3.63, 3.8) is 0 Å². The summed E-state index contributed by atoms with van der Waals surface area (Å²) >= 11 is 0. The lowest BCUT2D eigenvalue weighted by molar-refractivity contribution is 0.00838. The maximum Gasteiger partial charge on any atom is 0.257 e. The molecule has 128 valence electrons. The number of likely N-dealkylation sites (tertiary alicyclic amines) is 1. The van der Waals surface area contributed by atoms with E-state index in [0.717, 1.165) is 19.3 Å². The zero-order valence-electron chi connectivity index (χ0n) is 13.9. The number of hydrogen-bond donors (Lipinski definition) is 1. The molecule has 0 aromatic heterocycles. The number of carbonyl (C=O) groups excluding carboxylic acids is 1. The van der Waals surface area contributed by atoms with Gasteiger partial charge in [0.05, 0.1) is 25.9 Å². The molecule has 1 saturated heterocycles. The highest BCUT2D eigenvalue weighted by molar-refractivity contribution is 5.97. The summed E-state index contributed by atoms with van der Waals surface area (Å²) in [5.41, 5.74) is 6.03. The van der Waals surface area contributed by atoms with E-state index in [9.17, 15) is 4.79 Å². The van der Waals surface area contributed by atoms with Crippen LogP contribution in [0.5, 0.6) is 11.5 Å². The highest BCUT2D eigenvalue weighted by Crippen LogP contribution is 2.27. The zero-order valence-corrected chi connectivity index (χ0v) is 13.9. The third-order valence-corrected chi connectivity index (χ3v) is 4.07. The normalized spacial score (nSPS) is 15.5. The van der Waals surface area contributed by atoms with Crippen LogP contribution in [0.15, 0.2) is 18.2 Å². The number of amides is 1. The van der Waals surface area contributed by atoms with Crippen LogP contribution in [0.4, 0.5) is 0 Å². The summed E-state index contributed by atoms with van der Waals surface area (Å²) in [5, 5.41) is 0. The number of piperidine rings is 1. The van der Waals surface area contributed by atoms with E-state index in [1.165, 1.54) is 0 Å². The fourth-order valence-electron chi connectivity index (χ4n) is 2.70. The Kier molecular flexibility index (Phi) is 6.67. The monoisotopic (exact) mass is 322 g/mol. The molecule has 0 saturated carbocycles. The molecular formula is C17H26N2O4. The van der Waals surface area contributed by atoms with Crippen molar-refractivity contribution in [2.24, 2.45) is 5.73 Å². The number of nitrogens with two attached hydrogens (primary N) is 1. The number of ether oxygens (including phenoxy) is 3. The summed E-state index contributed by atoms with van der Waals surface area (Å²) in [6.45, 7) is 2.73. The Morgan fingerprint density at radius 1 is 1.26 bits per heavy atom. The van der Waals surface area contributed by atoms with Gasteiger partial charge in [0.1, 0.15) is 11.5 Å². The highest BCUT2D eigenvalue weighted by atomic mass is 16.5. The topological polar surface area (TPSA) is 74.0 Å². The van der Waals surface area contributed by atoms with Gasteiger partial charge in [0.15, 0.2) is 0 Å². The molecule has 1 aliphatic rings. The van der Waals surface area contributed by atoms with Gasteiger partial charge in [-0.05, 0) is 37.9 Å². The predicted octanol–water partition coefficient (Wildman–Crippen LogP) is 1.67. The third-order valence-electron chi connectivity index (χ3n) is 4.07. The largest absolute Gasteiger partial charge is 0.497 e. The number of methoxy groups -OCH3 is 2. The van der Waals surface area contributed by atoms with Crippen molar-refractivity contribution in [2.45, 2.75) is 25.4 Å². The van der Waals surface area contributed by atoms with Crippen LogP contribution >= 0.6 is 0 Å². The Morgan fingerprint density at radius 2 is 2.00 bits per heavy atom. The first-order valence-corrected chi connectivity index (χ1v) is 8.02. The second-order valence-corrected chi connectivity index (χ2v) is 5.57. The van der Waals surface area contributed by atoms with E-state index in [0.29, 0.717) is 43.3 Å². The van der Waals surface area contributed by atoms with Crippen LogP contribution in [0.3, 0.4) is 0 Å². The van der Waals surface area contributed by atoms with Gasteiger partial charge in [-0.1, -0.05) is 0 Å². The lowest BCUT2D eigenvalue weighted by atomic mass is 10.1. The Balaban J connectivity index is 1.94. The lowest BCUT2D eigenvalue weighted by Crippen LogP contribution is -2.41. The molecule has 6 heteroatoms. The van der Waals surface area contributed by atoms with Crippen molar-refractivity contribution in [1.29, 1.82) is 0 Å². The van der Waals surface area contributed by atoms with Crippen LogP contribution in [0.1, 0.15) is 29.6 Å². The second kappa shape index (κ2) is 8.74. The van der Waals surface area contributed by atoms with E-state index < -0.39 is 0 Å². The number of nitrogens with zero attached hydrogens (tertiary/aromatic N) is 1. The minimum absolute atomic E-state index is 0.00934. The Morgan fingerprint density at radius 3 is 2.61 bits per heavy atom. The van der Waals surface area contributed by atoms with Crippen LogP contribution in [-0.2, 0) is 4.74 Å². The van der Waals surface area contributed by atoms with Crippen molar-refractivity contribution in [2.75, 3.05) is 40.5 Å². The van der Waals surface area contributed by atoms with E-state index in [2.05, 4.69) is 0 Å². The molecule has 2 rings (SSSR count). The number of benzene rings is 1. The molecule has 2 N–H and O–H groups in total. The maximum atomic E-state index is 12.7. The summed E-state index contributed by atoms with van der Waals surface area (Å²) in [6.07, 6.45) is 2.81. The molecule has 1 aliphatic heterocycles. The van der Waals surface area contributed by atoms with Crippen LogP contribution in [0, 0.1) is 0 Å². The molecule has 0 unspecified atom stereocenters. The first-order valence-electron chi connectivity index (χ1n) is 8.02. The second-order valence-electron chi connectivity index (χ2n) is 5.57. The Labute approximate surface area is 137 Å². The van der Waals surface area contributed by atoms with Gasteiger partial charge >= 0.3 is 0 Å². The average molecular weight is 322 g/mol. The van der Waals surface area contributed by atoms with E-state index >= 15 is 0 Å². The number of rotatable bonds is 7. The summed E-state index contributed by atoms with van der Waals surface area (Å²) in [5.74, 6) is 1.20. The van der Waals surface area contributed by atoms with E-state index in [1.807, 2.05) is 4.90 Å². The quantitative estimate of drug-likeness (QED) is 0.773. The zero-order chi connectivity index (χ0) is 16.7. The lowest BCUT2D eigenvalue weighted by Gasteiger charge is -2.32. The van der Waals surface area contributed by atoms with Gasteiger partial charge in [-0.15, -0.1) is 0 Å². The van der Waals surface area contributed by atoms with E-state index in [4.69, 9.17) is 19.9 Å². The molecule has 1 aromatic rings. The van der Waals surface area contributed by atoms with Crippen molar-refractivity contribution < 1.29 is 19.0 Å². The fraction of sp³-hybridized carbons (Fsp3) is 0.588. The van der Waals surface area contributed by atoms with Gasteiger partial charge < -0.3 is 24.8 Å². The fourth-order valence-corrected chi connectivity index (χ4v) is 2.70. The molecule has 0 aliphatic carbocycles. The summed E-state index contributed by atoms with van der Waals surface area (Å²) in [7, 11) is 3.15. The summed E-state index contributed by atoms with van der Waals surface area (Å²) in [4.78, 5) is 14.5. The van der Waals surface area contributed by atoms with Crippen molar-refractivity contribution in [3.05, 3.63) is 23.8 Å². The molecule has 6 nitrogen and oxygen atoms in total. The van der Waals surface area contributed by atoms with E-state index in [1.54, 1.807) is 32.4 Å². The summed E-state index contributed by atoms with van der Waals surface area (Å²) in [6, 6.07) is 5.26. The number of hydrogen-bond acceptors (Lipinski definition) is 5. The molecule has 0 radical (unpaired) electrons. The Hall–Kier alpha value is -1.79. The van der Waals surface area contributed by atoms with Crippen LogP contribution in [0.2, 0.25) is 0 Å². The molecule has 0 bridgehead atoms. The smallest absolute Gasteiger partial charge is 0.257 e. The minimum Gasteiger partial charge on any atom is -0.497 e. The van der Waals surface area contributed by atoms with Crippen molar-refractivity contribution >= 4 is 5.91 Å². The van der Waals surface area contributed by atoms with Gasteiger partial charge in [0.2, 0.25) is 0 Å². The van der Waals surface area contributed by atoms with E-state index in [-0.39, 0.29) is 12.0 Å². The van der Waals surface area contributed by atoms with Gasteiger partial charge in [0, 0.05) is 25.8 Å². The van der Waals surface area contributed by atoms with Crippen molar-refractivity contribution in [1.82, 2.24) is 4.90 Å². The van der Waals surface area contributed by atoms with Crippen molar-refractivity contribution in [3.8, 4) is 11.5 Å². The molecular weight excluding hydrogens is 296 g/mol. The van der Waals surface area contributed by atoms with Gasteiger partial charge in [-0.2, -0.15) is 0 Å². The molecule has 1 heterocycles. The molecule has 0 atom stereocenters. The Bertz CT molecular complexity index is 513. The van der Waals surface area contributed by atoms with Crippen LogP contribution in [0.25, 0.3) is 0 Å². The molecule has 1 aromatic carbocycles. The van der Waals surface area contributed by atoms with Gasteiger partial charge in [-0.25, -0.2) is 0 Å². The molecule has 1 amide bonds. The first-order chi connectivity index (χ1) is 11.2. The minimum atomic E-state index is -0.00934. The number of carbonyl (C=O) groups is 1.